The smallest absolute Gasteiger partial charge is 0.234 e. The highest BCUT2D eigenvalue weighted by molar-refractivity contribution is 7.78. The van der Waals surface area contributed by atoms with E-state index in [1.54, 1.807) is 0 Å². The van der Waals surface area contributed by atoms with Crippen molar-refractivity contribution >= 4 is 11.3 Å². The van der Waals surface area contributed by atoms with Crippen LogP contribution in [-0.2, 0) is 15.4 Å². The Morgan fingerprint density at radius 2 is 2.10 bits per heavy atom. The van der Waals surface area contributed by atoms with E-state index in [1.165, 1.54) is 20.0 Å². The average molecular weight is 163 g/mol. The van der Waals surface area contributed by atoms with Crippen LogP contribution in [0.3, 0.4) is 0 Å². The average Bonchev–Trinajstić information content (AvgIpc) is 2.40. The van der Waals surface area contributed by atoms with Crippen LogP contribution in [0.25, 0.3) is 0 Å². The fourth-order valence-corrected chi connectivity index (χ4v) is 1.83. The standard InChI is InChI=1S/C6H13NO2S/c1-9-10(8)7-6-4-2-3-5-6/h6-7H,2-5H2,1H3. The van der Waals surface area contributed by atoms with Crippen molar-refractivity contribution in [2.75, 3.05) is 7.11 Å². The second-order valence-electron chi connectivity index (χ2n) is 2.50. The van der Waals surface area contributed by atoms with Crippen LogP contribution >= 0.6 is 0 Å². The summed E-state index contributed by atoms with van der Waals surface area (Å²) in [6.07, 6.45) is 4.77. The molecule has 0 amide bonds. The number of nitrogens with one attached hydrogen (secondary N) is 1. The lowest BCUT2D eigenvalue weighted by molar-refractivity contribution is 0.428. The summed E-state index contributed by atoms with van der Waals surface area (Å²) >= 11 is -1.27. The Bertz CT molecular complexity index is 123. The summed E-state index contributed by atoms with van der Waals surface area (Å²) in [5.41, 5.74) is 0. The van der Waals surface area contributed by atoms with Gasteiger partial charge in [-0.2, -0.15) is 0 Å². The van der Waals surface area contributed by atoms with Gasteiger partial charge in [-0.05, 0) is 12.8 Å². The fraction of sp³-hybridized carbons (Fsp3) is 1.00. The lowest BCUT2D eigenvalue weighted by Gasteiger charge is -2.07. The van der Waals surface area contributed by atoms with Crippen LogP contribution in [0.4, 0.5) is 0 Å². The van der Waals surface area contributed by atoms with Gasteiger partial charge >= 0.3 is 0 Å². The molecule has 1 unspecified atom stereocenters. The first-order valence-electron chi connectivity index (χ1n) is 3.55. The summed E-state index contributed by atoms with van der Waals surface area (Å²) < 4.78 is 18.2. The van der Waals surface area contributed by atoms with Crippen molar-refractivity contribution in [2.45, 2.75) is 31.7 Å². The molecule has 0 aromatic heterocycles. The van der Waals surface area contributed by atoms with Crippen molar-refractivity contribution in [1.29, 1.82) is 0 Å². The SMILES string of the molecule is COS(=O)NC1CCCC1. The van der Waals surface area contributed by atoms with Gasteiger partial charge in [0.05, 0.1) is 7.11 Å². The molecular formula is C6H13NO2S. The Labute approximate surface area is 63.9 Å². The monoisotopic (exact) mass is 163 g/mol. The molecule has 0 radical (unpaired) electrons. The van der Waals surface area contributed by atoms with E-state index < -0.39 is 11.3 Å². The molecule has 1 aliphatic carbocycles. The summed E-state index contributed by atoms with van der Waals surface area (Å²) in [5.74, 6) is 0. The Kier molecular flexibility index (Phi) is 3.31. The predicted molar refractivity (Wildman–Crippen MR) is 40.5 cm³/mol. The quantitative estimate of drug-likeness (QED) is 0.666. The third-order valence-corrected chi connectivity index (χ3v) is 2.60. The largest absolute Gasteiger partial charge is 0.282 e. The van der Waals surface area contributed by atoms with Crippen molar-refractivity contribution in [3.8, 4) is 0 Å². The molecule has 0 spiro atoms. The lowest BCUT2D eigenvalue weighted by atomic mass is 10.3. The Morgan fingerprint density at radius 1 is 1.50 bits per heavy atom. The normalized spacial score (nSPS) is 23.3. The van der Waals surface area contributed by atoms with Crippen LogP contribution in [0.15, 0.2) is 0 Å². The molecule has 0 aliphatic heterocycles. The van der Waals surface area contributed by atoms with E-state index >= 15 is 0 Å². The van der Waals surface area contributed by atoms with Gasteiger partial charge in [-0.15, -0.1) is 0 Å². The van der Waals surface area contributed by atoms with E-state index in [0.717, 1.165) is 12.8 Å². The molecule has 0 aromatic carbocycles. The van der Waals surface area contributed by atoms with Crippen molar-refractivity contribution < 1.29 is 8.39 Å². The molecule has 1 saturated carbocycles. The minimum Gasteiger partial charge on any atom is -0.282 e. The molecule has 1 atom stereocenters. The second-order valence-corrected chi connectivity index (χ2v) is 3.54. The molecule has 3 nitrogen and oxygen atoms in total. The van der Waals surface area contributed by atoms with Crippen molar-refractivity contribution in [3.05, 3.63) is 0 Å². The van der Waals surface area contributed by atoms with Gasteiger partial charge in [0.25, 0.3) is 0 Å². The fourth-order valence-electron chi connectivity index (χ4n) is 1.23. The summed E-state index contributed by atoms with van der Waals surface area (Å²) in [7, 11) is 1.44. The first-order valence-corrected chi connectivity index (χ1v) is 4.63. The summed E-state index contributed by atoms with van der Waals surface area (Å²) in [5, 5.41) is 0. The lowest BCUT2D eigenvalue weighted by Crippen LogP contribution is -2.28. The van der Waals surface area contributed by atoms with Crippen molar-refractivity contribution in [1.82, 2.24) is 4.72 Å². The van der Waals surface area contributed by atoms with Crippen LogP contribution in [0.5, 0.6) is 0 Å². The molecule has 1 N–H and O–H groups in total. The van der Waals surface area contributed by atoms with Crippen LogP contribution in [0.2, 0.25) is 0 Å². The maximum absolute atomic E-state index is 10.7. The highest BCUT2D eigenvalue weighted by Gasteiger charge is 2.16. The number of rotatable bonds is 3. The maximum atomic E-state index is 10.7. The van der Waals surface area contributed by atoms with Gasteiger partial charge in [0, 0.05) is 6.04 Å². The van der Waals surface area contributed by atoms with Crippen LogP contribution in [-0.4, -0.2) is 17.4 Å². The van der Waals surface area contributed by atoms with Crippen LogP contribution in [0.1, 0.15) is 25.7 Å². The third-order valence-electron chi connectivity index (χ3n) is 1.77. The summed E-state index contributed by atoms with van der Waals surface area (Å²) in [4.78, 5) is 0. The highest BCUT2D eigenvalue weighted by atomic mass is 32.2. The second kappa shape index (κ2) is 4.05. The topological polar surface area (TPSA) is 38.3 Å². The zero-order valence-corrected chi connectivity index (χ0v) is 6.95. The molecule has 10 heavy (non-hydrogen) atoms. The van der Waals surface area contributed by atoms with E-state index in [4.69, 9.17) is 0 Å². The van der Waals surface area contributed by atoms with Gasteiger partial charge in [0.1, 0.15) is 0 Å². The van der Waals surface area contributed by atoms with Gasteiger partial charge < -0.3 is 0 Å². The third kappa shape index (κ3) is 2.36. The number of hydrogen-bond donors (Lipinski definition) is 1. The molecule has 0 bridgehead atoms. The minimum absolute atomic E-state index is 0.417. The van der Waals surface area contributed by atoms with Crippen molar-refractivity contribution in [2.24, 2.45) is 0 Å². The Balaban J connectivity index is 2.17. The zero-order chi connectivity index (χ0) is 7.40. The maximum Gasteiger partial charge on any atom is 0.234 e. The Hall–Kier alpha value is 0.0700. The highest BCUT2D eigenvalue weighted by Crippen LogP contribution is 2.17. The van der Waals surface area contributed by atoms with Crippen LogP contribution in [0, 0.1) is 0 Å². The molecule has 0 saturated heterocycles. The molecular weight excluding hydrogens is 150 g/mol. The van der Waals surface area contributed by atoms with Gasteiger partial charge in [-0.25, -0.2) is 8.93 Å². The molecule has 1 rings (SSSR count). The molecule has 60 valence electrons. The first-order chi connectivity index (χ1) is 4.83. The van der Waals surface area contributed by atoms with E-state index in [-0.39, 0.29) is 0 Å². The summed E-state index contributed by atoms with van der Waals surface area (Å²) in [6, 6.07) is 0.417. The zero-order valence-electron chi connectivity index (χ0n) is 6.13. The van der Waals surface area contributed by atoms with Gasteiger partial charge in [-0.1, -0.05) is 12.8 Å². The van der Waals surface area contributed by atoms with E-state index in [1.807, 2.05) is 0 Å². The van der Waals surface area contributed by atoms with Gasteiger partial charge in [0.15, 0.2) is 0 Å². The molecule has 1 fully saturated rings. The molecule has 0 heterocycles. The molecule has 0 aromatic rings. The Morgan fingerprint density at radius 3 is 2.60 bits per heavy atom. The van der Waals surface area contributed by atoms with Crippen LogP contribution < -0.4 is 4.72 Å². The predicted octanol–water partition coefficient (Wildman–Crippen LogP) is 0.744. The van der Waals surface area contributed by atoms with Gasteiger partial charge in [0.2, 0.25) is 11.3 Å². The van der Waals surface area contributed by atoms with E-state index in [2.05, 4.69) is 8.91 Å². The summed E-state index contributed by atoms with van der Waals surface area (Å²) in [6.45, 7) is 0. The molecule has 4 heteroatoms. The van der Waals surface area contributed by atoms with Gasteiger partial charge in [-0.3, -0.25) is 4.18 Å². The molecule has 1 aliphatic rings. The van der Waals surface area contributed by atoms with Crippen molar-refractivity contribution in [3.63, 3.8) is 0 Å². The van der Waals surface area contributed by atoms with E-state index in [9.17, 15) is 4.21 Å². The van der Waals surface area contributed by atoms with E-state index in [0.29, 0.717) is 6.04 Å². The minimum atomic E-state index is -1.27. The first kappa shape index (κ1) is 8.17. The number of hydrogen-bond acceptors (Lipinski definition) is 2.